The summed E-state index contributed by atoms with van der Waals surface area (Å²) in [6, 6.07) is 8.55. The van der Waals surface area contributed by atoms with E-state index in [0.717, 1.165) is 0 Å². The predicted octanol–water partition coefficient (Wildman–Crippen LogP) is 4.25. The largest absolute Gasteiger partial charge is 0.478 e. The molecule has 21 heavy (non-hydrogen) atoms. The van der Waals surface area contributed by atoms with Crippen molar-refractivity contribution in [3.8, 4) is 0 Å². The predicted molar refractivity (Wildman–Crippen MR) is 82.6 cm³/mol. The molecule has 0 radical (unpaired) electrons. The lowest BCUT2D eigenvalue weighted by Gasteiger charge is -2.07. The van der Waals surface area contributed by atoms with Crippen molar-refractivity contribution in [3.63, 3.8) is 0 Å². The highest BCUT2D eigenvalue weighted by atomic mass is 79.9. The van der Waals surface area contributed by atoms with Crippen LogP contribution in [0.4, 0.5) is 4.39 Å². The average molecular weight is 392 g/mol. The van der Waals surface area contributed by atoms with Crippen molar-refractivity contribution in [2.75, 3.05) is 0 Å². The fourth-order valence-corrected chi connectivity index (χ4v) is 3.61. The second-order valence-electron chi connectivity index (χ2n) is 4.14. The van der Waals surface area contributed by atoms with Crippen molar-refractivity contribution in [2.45, 2.75) is 10.6 Å². The fraction of sp³-hybridized carbons (Fsp3) is 0.0714. The number of halogens is 3. The van der Waals surface area contributed by atoms with Gasteiger partial charge in [-0.1, -0.05) is 17.7 Å². The molecule has 0 amide bonds. The lowest BCUT2D eigenvalue weighted by Crippen LogP contribution is -2.03. The lowest BCUT2D eigenvalue weighted by atomic mass is 10.2. The van der Waals surface area contributed by atoms with Gasteiger partial charge in [-0.25, -0.2) is 9.18 Å². The SMILES string of the molecule is O=C(O)c1cc(S(=O)Cc2c(F)cccc2Cl)ccc1Br. The Morgan fingerprint density at radius 2 is 2.05 bits per heavy atom. The van der Waals surface area contributed by atoms with E-state index in [0.29, 0.717) is 9.37 Å². The fourth-order valence-electron chi connectivity index (χ4n) is 1.69. The molecule has 0 aliphatic rings. The summed E-state index contributed by atoms with van der Waals surface area (Å²) in [6.07, 6.45) is 0. The molecule has 0 heterocycles. The van der Waals surface area contributed by atoms with Crippen LogP contribution in [0.2, 0.25) is 5.02 Å². The second kappa shape index (κ2) is 6.68. The summed E-state index contributed by atoms with van der Waals surface area (Å²) in [6.45, 7) is 0. The second-order valence-corrected chi connectivity index (χ2v) is 6.85. The maximum atomic E-state index is 13.7. The number of hydrogen-bond acceptors (Lipinski definition) is 2. The highest BCUT2D eigenvalue weighted by Gasteiger charge is 2.15. The van der Waals surface area contributed by atoms with E-state index in [1.165, 1.54) is 36.4 Å². The maximum absolute atomic E-state index is 13.7. The highest BCUT2D eigenvalue weighted by Crippen LogP contribution is 2.25. The molecule has 7 heteroatoms. The number of carbonyl (C=O) groups is 1. The zero-order chi connectivity index (χ0) is 15.6. The molecule has 110 valence electrons. The third-order valence-electron chi connectivity index (χ3n) is 2.77. The molecule has 0 saturated heterocycles. The van der Waals surface area contributed by atoms with Gasteiger partial charge in [0.25, 0.3) is 0 Å². The normalized spacial score (nSPS) is 12.1. The van der Waals surface area contributed by atoms with E-state index in [9.17, 15) is 13.4 Å². The van der Waals surface area contributed by atoms with Gasteiger partial charge < -0.3 is 5.11 Å². The molecule has 0 fully saturated rings. The van der Waals surface area contributed by atoms with Crippen molar-refractivity contribution in [1.29, 1.82) is 0 Å². The summed E-state index contributed by atoms with van der Waals surface area (Å²) >= 11 is 9.00. The molecule has 3 nitrogen and oxygen atoms in total. The van der Waals surface area contributed by atoms with Crippen molar-refractivity contribution >= 4 is 44.3 Å². The smallest absolute Gasteiger partial charge is 0.336 e. The van der Waals surface area contributed by atoms with Crippen molar-refractivity contribution in [3.05, 3.63) is 62.8 Å². The van der Waals surface area contributed by atoms with E-state index in [-0.39, 0.29) is 21.9 Å². The summed E-state index contributed by atoms with van der Waals surface area (Å²) in [5.41, 5.74) is 0.151. The Bertz CT molecular complexity index is 716. The number of hydrogen-bond donors (Lipinski definition) is 1. The minimum Gasteiger partial charge on any atom is -0.478 e. The van der Waals surface area contributed by atoms with Crippen molar-refractivity contribution < 1.29 is 18.5 Å². The van der Waals surface area contributed by atoms with Gasteiger partial charge >= 0.3 is 5.97 Å². The Balaban J connectivity index is 2.33. The molecule has 0 spiro atoms. The van der Waals surface area contributed by atoms with Gasteiger partial charge in [-0.3, -0.25) is 4.21 Å². The van der Waals surface area contributed by atoms with Gasteiger partial charge in [0.05, 0.1) is 22.1 Å². The molecule has 2 rings (SSSR count). The monoisotopic (exact) mass is 390 g/mol. The van der Waals surface area contributed by atoms with E-state index >= 15 is 0 Å². The molecule has 1 atom stereocenters. The molecule has 0 aliphatic heterocycles. The van der Waals surface area contributed by atoms with Crippen LogP contribution >= 0.6 is 27.5 Å². The topological polar surface area (TPSA) is 54.4 Å². The molecule has 0 saturated carbocycles. The first kappa shape index (κ1) is 16.1. The summed E-state index contributed by atoms with van der Waals surface area (Å²) in [5.74, 6) is -1.79. The summed E-state index contributed by atoms with van der Waals surface area (Å²) in [5, 5.41) is 9.23. The zero-order valence-corrected chi connectivity index (χ0v) is 13.6. The van der Waals surface area contributed by atoms with Crippen LogP contribution in [0.3, 0.4) is 0 Å². The van der Waals surface area contributed by atoms with Gasteiger partial charge in [-0.15, -0.1) is 0 Å². The van der Waals surface area contributed by atoms with E-state index in [4.69, 9.17) is 16.7 Å². The summed E-state index contributed by atoms with van der Waals surface area (Å²) in [7, 11) is -1.60. The molecule has 0 aliphatic carbocycles. The van der Waals surface area contributed by atoms with Crippen LogP contribution in [0.1, 0.15) is 15.9 Å². The molecule has 2 aromatic rings. The first-order valence-corrected chi connectivity index (χ1v) is 8.23. The van der Waals surface area contributed by atoms with Gasteiger partial charge in [0.1, 0.15) is 5.82 Å². The molecular formula is C14H9BrClFO3S. The Labute approximate surface area is 136 Å². The van der Waals surface area contributed by atoms with E-state index < -0.39 is 22.6 Å². The van der Waals surface area contributed by atoms with E-state index in [1.54, 1.807) is 0 Å². The van der Waals surface area contributed by atoms with Gasteiger partial charge in [0, 0.05) is 20.0 Å². The van der Waals surface area contributed by atoms with Crippen LogP contribution in [0, 0.1) is 5.82 Å². The van der Waals surface area contributed by atoms with Gasteiger partial charge in [0.15, 0.2) is 0 Å². The van der Waals surface area contributed by atoms with Crippen LogP contribution < -0.4 is 0 Å². The third kappa shape index (κ3) is 3.70. The Hall–Kier alpha value is -1.24. The van der Waals surface area contributed by atoms with Gasteiger partial charge in [-0.05, 0) is 46.3 Å². The van der Waals surface area contributed by atoms with Crippen molar-refractivity contribution in [1.82, 2.24) is 0 Å². The standard InChI is InChI=1S/C14H9BrClFO3S/c15-11-5-4-8(6-9(11)14(18)19)21(20)7-10-12(16)2-1-3-13(10)17/h1-6H,7H2,(H,18,19). The highest BCUT2D eigenvalue weighted by molar-refractivity contribution is 9.10. The quantitative estimate of drug-likeness (QED) is 0.848. The van der Waals surface area contributed by atoms with Gasteiger partial charge in [0.2, 0.25) is 0 Å². The van der Waals surface area contributed by atoms with E-state index in [2.05, 4.69) is 15.9 Å². The lowest BCUT2D eigenvalue weighted by molar-refractivity contribution is 0.0695. The Kier molecular flexibility index (Phi) is 5.13. The first-order valence-electron chi connectivity index (χ1n) is 5.74. The molecule has 0 bridgehead atoms. The van der Waals surface area contributed by atoms with E-state index in [1.807, 2.05) is 0 Å². The summed E-state index contributed by atoms with van der Waals surface area (Å²) < 4.78 is 26.3. The zero-order valence-electron chi connectivity index (χ0n) is 10.5. The molecule has 1 N–H and O–H groups in total. The molecular weight excluding hydrogens is 383 g/mol. The molecule has 1 unspecified atom stereocenters. The van der Waals surface area contributed by atoms with Crippen molar-refractivity contribution in [2.24, 2.45) is 0 Å². The van der Waals surface area contributed by atoms with Crippen LogP contribution in [0.5, 0.6) is 0 Å². The van der Waals surface area contributed by atoms with Crippen LogP contribution in [0.25, 0.3) is 0 Å². The number of carboxylic acids is 1. The van der Waals surface area contributed by atoms with Crippen LogP contribution in [-0.4, -0.2) is 15.3 Å². The minimum absolute atomic E-state index is 0.000445. The Morgan fingerprint density at radius 3 is 2.67 bits per heavy atom. The maximum Gasteiger partial charge on any atom is 0.336 e. The molecule has 2 aromatic carbocycles. The number of rotatable bonds is 4. The third-order valence-corrected chi connectivity index (χ3v) is 5.14. The van der Waals surface area contributed by atoms with Crippen LogP contribution in [0.15, 0.2) is 45.8 Å². The van der Waals surface area contributed by atoms with Crippen LogP contribution in [-0.2, 0) is 16.6 Å². The molecule has 0 aromatic heterocycles. The first-order chi connectivity index (χ1) is 9.90. The summed E-state index contributed by atoms with van der Waals surface area (Å²) in [4.78, 5) is 11.4. The number of aromatic carboxylic acids is 1. The number of benzene rings is 2. The Morgan fingerprint density at radius 1 is 1.33 bits per heavy atom. The average Bonchev–Trinajstić information content (AvgIpc) is 2.43. The van der Waals surface area contributed by atoms with Gasteiger partial charge in [-0.2, -0.15) is 0 Å². The minimum atomic E-state index is -1.60. The number of carboxylic acid groups (broad SMARTS) is 1.